The van der Waals surface area contributed by atoms with E-state index in [1.807, 2.05) is 31.2 Å². The molecule has 0 unspecified atom stereocenters. The molecule has 132 valence electrons. The molecule has 2 aromatic heterocycles. The van der Waals surface area contributed by atoms with E-state index in [9.17, 15) is 9.90 Å². The molecule has 7 heteroatoms. The van der Waals surface area contributed by atoms with Crippen molar-refractivity contribution in [1.29, 1.82) is 0 Å². The van der Waals surface area contributed by atoms with Crippen LogP contribution in [0.5, 0.6) is 5.75 Å². The Balaban J connectivity index is 1.84. The number of fused-ring (bicyclic) bond motifs is 3. The number of benzene rings is 1. The number of β-amino-alcohol motifs (C(OH)–C–C–N with tert-alkyl or cyclic N) is 1. The summed E-state index contributed by atoms with van der Waals surface area (Å²) in [5.41, 5.74) is 2.22. The van der Waals surface area contributed by atoms with Crippen molar-refractivity contribution in [3.8, 4) is 5.75 Å². The van der Waals surface area contributed by atoms with Crippen molar-refractivity contribution in [2.24, 2.45) is 0 Å². The van der Waals surface area contributed by atoms with E-state index in [0.29, 0.717) is 24.6 Å². The summed E-state index contributed by atoms with van der Waals surface area (Å²) in [4.78, 5) is 15.1. The largest absolute Gasteiger partial charge is 0.497 e. The second-order valence-electron chi connectivity index (χ2n) is 6.71. The van der Waals surface area contributed by atoms with Crippen LogP contribution in [0, 0.1) is 6.92 Å². The minimum absolute atomic E-state index is 0.169. The molecule has 1 fully saturated rings. The third-order valence-corrected chi connectivity index (χ3v) is 4.86. The van der Waals surface area contributed by atoms with Crippen molar-refractivity contribution in [3.63, 3.8) is 0 Å². The van der Waals surface area contributed by atoms with Gasteiger partial charge in [-0.1, -0.05) is 0 Å². The lowest BCUT2D eigenvalue weighted by Crippen LogP contribution is -2.41. The summed E-state index contributed by atoms with van der Waals surface area (Å²) in [6.07, 6.45) is 1.43. The van der Waals surface area contributed by atoms with Gasteiger partial charge in [0.25, 0.3) is 0 Å². The predicted molar refractivity (Wildman–Crippen MR) is 95.1 cm³/mol. The van der Waals surface area contributed by atoms with Gasteiger partial charge in [-0.2, -0.15) is 4.68 Å². The highest BCUT2D eigenvalue weighted by molar-refractivity contribution is 5.84. The third-order valence-electron chi connectivity index (χ3n) is 4.86. The van der Waals surface area contributed by atoms with Crippen LogP contribution in [-0.2, 0) is 6.67 Å². The molecule has 3 heterocycles. The maximum Gasteiger partial charge on any atom is 0.352 e. The molecule has 3 aromatic rings. The number of hydrogen-bond acceptors (Lipinski definition) is 5. The molecule has 0 saturated carbocycles. The first-order chi connectivity index (χ1) is 12.1. The van der Waals surface area contributed by atoms with Gasteiger partial charge in [0.15, 0.2) is 5.65 Å². The van der Waals surface area contributed by atoms with Crippen molar-refractivity contribution in [2.75, 3.05) is 20.2 Å². The Bertz CT molecular complexity index is 991. The summed E-state index contributed by atoms with van der Waals surface area (Å²) in [5, 5.41) is 15.4. The standard InChI is InChI=1S/C18H22N4O3/c1-12-8-13-5-6-15(25-2)9-16(13)22-17(12)19-21(18(22)24)11-20-7-3-4-14(23)10-20/h5-6,8-9,14,23H,3-4,7,10-11H2,1-2H3/t14-/m0/s1. The number of rotatable bonds is 3. The monoisotopic (exact) mass is 342 g/mol. The van der Waals surface area contributed by atoms with Crippen LogP contribution in [0.25, 0.3) is 16.6 Å². The average molecular weight is 342 g/mol. The number of hydrogen-bond donors (Lipinski definition) is 1. The number of likely N-dealkylation sites (tertiary alicyclic amines) is 1. The van der Waals surface area contributed by atoms with Crippen LogP contribution in [0.15, 0.2) is 29.1 Å². The molecule has 1 aliphatic rings. The summed E-state index contributed by atoms with van der Waals surface area (Å²) in [6.45, 7) is 3.79. The second kappa shape index (κ2) is 6.16. The number of aliphatic hydroxyl groups excluding tert-OH is 1. The molecule has 1 N–H and O–H groups in total. The third kappa shape index (κ3) is 2.79. The number of nitrogens with zero attached hydrogens (tertiary/aromatic N) is 4. The first kappa shape index (κ1) is 16.1. The molecule has 0 radical (unpaired) electrons. The molecule has 0 aliphatic carbocycles. The number of aromatic nitrogens is 3. The number of aryl methyl sites for hydroxylation is 1. The highest BCUT2D eigenvalue weighted by Crippen LogP contribution is 2.23. The zero-order chi connectivity index (χ0) is 17.6. The number of ether oxygens (including phenoxy) is 1. The molecule has 1 saturated heterocycles. The fourth-order valence-corrected chi connectivity index (χ4v) is 3.59. The number of pyridine rings is 1. The van der Waals surface area contributed by atoms with Gasteiger partial charge in [-0.3, -0.25) is 4.90 Å². The summed E-state index contributed by atoms with van der Waals surface area (Å²) in [5.74, 6) is 0.705. The van der Waals surface area contributed by atoms with Crippen molar-refractivity contribution in [3.05, 3.63) is 40.3 Å². The first-order valence-corrected chi connectivity index (χ1v) is 8.54. The molecular formula is C18H22N4O3. The van der Waals surface area contributed by atoms with Crippen molar-refractivity contribution < 1.29 is 9.84 Å². The fraction of sp³-hybridized carbons (Fsp3) is 0.444. The Morgan fingerprint density at radius 1 is 1.36 bits per heavy atom. The molecule has 7 nitrogen and oxygen atoms in total. The smallest absolute Gasteiger partial charge is 0.352 e. The Morgan fingerprint density at radius 2 is 2.20 bits per heavy atom. The van der Waals surface area contributed by atoms with Gasteiger partial charge < -0.3 is 9.84 Å². The van der Waals surface area contributed by atoms with E-state index in [4.69, 9.17) is 4.74 Å². The normalized spacial score (nSPS) is 18.9. The molecule has 1 aromatic carbocycles. The molecule has 0 spiro atoms. The Kier molecular flexibility index (Phi) is 3.97. The van der Waals surface area contributed by atoms with Crippen LogP contribution in [0.3, 0.4) is 0 Å². The minimum atomic E-state index is -0.326. The van der Waals surface area contributed by atoms with E-state index < -0.39 is 0 Å². The first-order valence-electron chi connectivity index (χ1n) is 8.54. The van der Waals surface area contributed by atoms with Gasteiger partial charge in [0.2, 0.25) is 0 Å². The topological polar surface area (TPSA) is 72.0 Å². The van der Waals surface area contributed by atoms with Crippen LogP contribution in [0.1, 0.15) is 18.4 Å². The summed E-state index contributed by atoms with van der Waals surface area (Å²) >= 11 is 0. The van der Waals surface area contributed by atoms with Crippen molar-refractivity contribution >= 4 is 16.6 Å². The summed E-state index contributed by atoms with van der Waals surface area (Å²) in [7, 11) is 1.61. The zero-order valence-corrected chi connectivity index (χ0v) is 14.5. The molecule has 0 amide bonds. The van der Waals surface area contributed by atoms with Crippen LogP contribution in [-0.4, -0.2) is 50.5 Å². The number of piperidine rings is 1. The SMILES string of the molecule is COc1ccc2cc(C)c3nn(CN4CCC[C@H](O)C4)c(=O)n3c2c1. The summed E-state index contributed by atoms with van der Waals surface area (Å²) in [6, 6.07) is 7.73. The van der Waals surface area contributed by atoms with Gasteiger partial charge in [-0.15, -0.1) is 5.10 Å². The van der Waals surface area contributed by atoms with E-state index in [2.05, 4.69) is 10.00 Å². The molecule has 0 bridgehead atoms. The van der Waals surface area contributed by atoms with Crippen LogP contribution < -0.4 is 10.4 Å². The van der Waals surface area contributed by atoms with Gasteiger partial charge in [0.05, 0.1) is 25.4 Å². The van der Waals surface area contributed by atoms with Gasteiger partial charge in [0, 0.05) is 19.2 Å². The van der Waals surface area contributed by atoms with E-state index in [1.165, 1.54) is 4.68 Å². The highest BCUT2D eigenvalue weighted by atomic mass is 16.5. The maximum absolute atomic E-state index is 13.0. The van der Waals surface area contributed by atoms with Crippen LogP contribution >= 0.6 is 0 Å². The average Bonchev–Trinajstić information content (AvgIpc) is 2.92. The molecule has 1 aliphatic heterocycles. The van der Waals surface area contributed by atoms with E-state index in [-0.39, 0.29) is 11.8 Å². The zero-order valence-electron chi connectivity index (χ0n) is 14.5. The predicted octanol–water partition coefficient (Wildman–Crippen LogP) is 1.38. The minimum Gasteiger partial charge on any atom is -0.497 e. The van der Waals surface area contributed by atoms with E-state index >= 15 is 0 Å². The number of aliphatic hydroxyl groups is 1. The summed E-state index contributed by atoms with van der Waals surface area (Å²) < 4.78 is 8.43. The number of methoxy groups -OCH3 is 1. The molecule has 25 heavy (non-hydrogen) atoms. The Hall–Kier alpha value is -2.38. The Morgan fingerprint density at radius 3 is 2.96 bits per heavy atom. The van der Waals surface area contributed by atoms with Gasteiger partial charge in [-0.25, -0.2) is 9.20 Å². The molecular weight excluding hydrogens is 320 g/mol. The van der Waals surface area contributed by atoms with Gasteiger partial charge in [-0.05, 0) is 48.9 Å². The lowest BCUT2D eigenvalue weighted by molar-refractivity contribution is 0.0509. The Labute approximate surface area is 145 Å². The quantitative estimate of drug-likeness (QED) is 0.779. The highest BCUT2D eigenvalue weighted by Gasteiger charge is 2.20. The van der Waals surface area contributed by atoms with E-state index in [1.54, 1.807) is 11.5 Å². The lowest BCUT2D eigenvalue weighted by Gasteiger charge is -2.29. The second-order valence-corrected chi connectivity index (χ2v) is 6.71. The van der Waals surface area contributed by atoms with Gasteiger partial charge in [0.1, 0.15) is 5.75 Å². The van der Waals surface area contributed by atoms with Crippen LogP contribution in [0.2, 0.25) is 0 Å². The van der Waals surface area contributed by atoms with Crippen molar-refractivity contribution in [2.45, 2.75) is 32.5 Å². The maximum atomic E-state index is 13.0. The van der Waals surface area contributed by atoms with Gasteiger partial charge >= 0.3 is 5.69 Å². The van der Waals surface area contributed by atoms with Crippen molar-refractivity contribution in [1.82, 2.24) is 19.1 Å². The van der Waals surface area contributed by atoms with Crippen LogP contribution in [0.4, 0.5) is 0 Å². The molecule has 4 rings (SSSR count). The van der Waals surface area contributed by atoms with E-state index in [0.717, 1.165) is 35.9 Å². The molecule has 1 atom stereocenters. The fourth-order valence-electron chi connectivity index (χ4n) is 3.59. The lowest BCUT2D eigenvalue weighted by atomic mass is 10.1.